The summed E-state index contributed by atoms with van der Waals surface area (Å²) < 4.78 is 0. The first-order chi connectivity index (χ1) is 14.7. The van der Waals surface area contributed by atoms with Crippen molar-refractivity contribution in [3.05, 3.63) is 102 Å². The molecule has 0 bridgehead atoms. The van der Waals surface area contributed by atoms with Gasteiger partial charge < -0.3 is 0 Å². The minimum absolute atomic E-state index is 0.0474. The van der Waals surface area contributed by atoms with Crippen LogP contribution in [-0.4, -0.2) is 11.8 Å². The summed E-state index contributed by atoms with van der Waals surface area (Å²) in [4.78, 5) is 29.0. The van der Waals surface area contributed by atoms with Gasteiger partial charge in [-0.25, -0.2) is 4.90 Å². The van der Waals surface area contributed by atoms with E-state index in [2.05, 4.69) is 24.3 Å². The molecule has 0 unspecified atom stereocenters. The highest BCUT2D eigenvalue weighted by atomic mass is 16.2. The maximum Gasteiger partial charge on any atom is 0.238 e. The maximum atomic E-state index is 13.8. The molecular formula is C27H25NO2. The lowest BCUT2D eigenvalue weighted by molar-refractivity contribution is -0.122. The molecule has 5 rings (SSSR count). The molecule has 1 saturated carbocycles. The van der Waals surface area contributed by atoms with Crippen LogP contribution in [-0.2, 0) is 9.59 Å². The van der Waals surface area contributed by atoms with E-state index in [0.717, 1.165) is 35.2 Å². The van der Waals surface area contributed by atoms with Crippen LogP contribution in [0.15, 0.2) is 84.9 Å². The second-order valence-electron chi connectivity index (χ2n) is 8.46. The molecule has 3 nitrogen and oxygen atoms in total. The number of aryl methyl sites for hydroxylation is 1. The number of imide groups is 1. The molecule has 2 amide bonds. The third-order valence-corrected chi connectivity index (χ3v) is 6.87. The van der Waals surface area contributed by atoms with Crippen LogP contribution in [0, 0.1) is 18.8 Å². The number of rotatable bonds is 3. The molecule has 1 heterocycles. The number of carbonyl (C=O) groups excluding carboxylic acids is 2. The van der Waals surface area contributed by atoms with Gasteiger partial charge in [0, 0.05) is 0 Å². The molecule has 0 N–H and O–H groups in total. The van der Waals surface area contributed by atoms with Gasteiger partial charge in [-0.15, -0.1) is 0 Å². The van der Waals surface area contributed by atoms with Crippen LogP contribution >= 0.6 is 0 Å². The van der Waals surface area contributed by atoms with E-state index in [1.807, 2.05) is 67.6 Å². The molecule has 150 valence electrons. The predicted octanol–water partition coefficient (Wildman–Crippen LogP) is 5.46. The Labute approximate surface area is 177 Å². The first-order valence-electron chi connectivity index (χ1n) is 10.7. The Bertz CT molecular complexity index is 1010. The van der Waals surface area contributed by atoms with Gasteiger partial charge in [-0.3, -0.25) is 9.59 Å². The van der Waals surface area contributed by atoms with Crippen molar-refractivity contribution in [2.24, 2.45) is 11.8 Å². The minimum atomic E-state index is -0.321. The number of benzene rings is 3. The van der Waals surface area contributed by atoms with E-state index in [0.29, 0.717) is 0 Å². The van der Waals surface area contributed by atoms with Crippen LogP contribution < -0.4 is 4.90 Å². The van der Waals surface area contributed by atoms with E-state index in [4.69, 9.17) is 0 Å². The van der Waals surface area contributed by atoms with Gasteiger partial charge >= 0.3 is 0 Å². The average molecular weight is 396 g/mol. The van der Waals surface area contributed by atoms with Crippen molar-refractivity contribution >= 4 is 17.5 Å². The molecule has 1 aliphatic heterocycles. The summed E-state index contributed by atoms with van der Waals surface area (Å²) in [5.74, 6) is -0.595. The Balaban J connectivity index is 1.62. The van der Waals surface area contributed by atoms with Gasteiger partial charge in [0.2, 0.25) is 11.8 Å². The number of hydrogen-bond donors (Lipinski definition) is 0. The largest absolute Gasteiger partial charge is 0.274 e. The lowest BCUT2D eigenvalue weighted by Crippen LogP contribution is -2.34. The SMILES string of the molecule is Cc1ccccc1N1C(=O)[C@H]2[C@H](C1=O)[C@H](c1ccccc1)CC[C@H]2c1ccccc1. The van der Waals surface area contributed by atoms with Crippen LogP contribution in [0.4, 0.5) is 5.69 Å². The van der Waals surface area contributed by atoms with Crippen LogP contribution in [0.5, 0.6) is 0 Å². The zero-order valence-corrected chi connectivity index (χ0v) is 17.1. The Hall–Kier alpha value is -3.20. The van der Waals surface area contributed by atoms with Gasteiger partial charge in [-0.1, -0.05) is 78.9 Å². The van der Waals surface area contributed by atoms with E-state index in [9.17, 15) is 9.59 Å². The lowest BCUT2D eigenvalue weighted by atomic mass is 9.64. The number of carbonyl (C=O) groups is 2. The third kappa shape index (κ3) is 2.97. The molecule has 0 spiro atoms. The number of nitrogens with zero attached hydrogens (tertiary/aromatic N) is 1. The van der Waals surface area contributed by atoms with E-state index in [1.54, 1.807) is 0 Å². The van der Waals surface area contributed by atoms with Gasteiger partial charge in [-0.2, -0.15) is 0 Å². The molecule has 2 fully saturated rings. The summed E-state index contributed by atoms with van der Waals surface area (Å²) in [6, 6.07) is 28.2. The van der Waals surface area contributed by atoms with Crippen molar-refractivity contribution in [2.45, 2.75) is 31.6 Å². The summed E-state index contributed by atoms with van der Waals surface area (Å²) >= 11 is 0. The molecule has 30 heavy (non-hydrogen) atoms. The maximum absolute atomic E-state index is 13.8. The molecular weight excluding hydrogens is 370 g/mol. The zero-order valence-electron chi connectivity index (χ0n) is 17.1. The predicted molar refractivity (Wildman–Crippen MR) is 118 cm³/mol. The summed E-state index contributed by atoms with van der Waals surface area (Å²) in [6.45, 7) is 1.96. The number of anilines is 1. The second-order valence-corrected chi connectivity index (χ2v) is 8.46. The van der Waals surface area contributed by atoms with E-state index >= 15 is 0 Å². The number of hydrogen-bond acceptors (Lipinski definition) is 2. The number of amides is 2. The van der Waals surface area contributed by atoms with E-state index < -0.39 is 0 Å². The van der Waals surface area contributed by atoms with Crippen LogP contribution in [0.1, 0.15) is 41.4 Å². The van der Waals surface area contributed by atoms with Crippen molar-refractivity contribution in [2.75, 3.05) is 4.90 Å². The molecule has 4 atom stereocenters. The van der Waals surface area contributed by atoms with Gasteiger partial charge in [0.1, 0.15) is 0 Å². The van der Waals surface area contributed by atoms with Crippen LogP contribution in [0.3, 0.4) is 0 Å². The van der Waals surface area contributed by atoms with Crippen molar-refractivity contribution in [3.8, 4) is 0 Å². The minimum Gasteiger partial charge on any atom is -0.274 e. The molecule has 3 heteroatoms. The fourth-order valence-corrected chi connectivity index (χ4v) is 5.48. The highest BCUT2D eigenvalue weighted by molar-refractivity contribution is 6.23. The van der Waals surface area contributed by atoms with Gasteiger partial charge in [-0.05, 0) is 54.4 Å². The molecule has 0 aromatic heterocycles. The van der Waals surface area contributed by atoms with Crippen LogP contribution in [0.2, 0.25) is 0 Å². The summed E-state index contributed by atoms with van der Waals surface area (Å²) in [5.41, 5.74) is 3.99. The molecule has 3 aromatic rings. The van der Waals surface area contributed by atoms with Crippen molar-refractivity contribution in [1.29, 1.82) is 0 Å². The Morgan fingerprint density at radius 3 is 1.53 bits per heavy atom. The summed E-state index contributed by atoms with van der Waals surface area (Å²) in [7, 11) is 0. The Kier molecular flexibility index (Phi) is 4.74. The van der Waals surface area contributed by atoms with Gasteiger partial charge in [0.25, 0.3) is 0 Å². The topological polar surface area (TPSA) is 37.4 Å². The van der Waals surface area contributed by atoms with Gasteiger partial charge in [0.15, 0.2) is 0 Å². The molecule has 3 aromatic carbocycles. The normalized spacial score (nSPS) is 26.0. The fraction of sp³-hybridized carbons (Fsp3) is 0.259. The lowest BCUT2D eigenvalue weighted by Gasteiger charge is -2.37. The van der Waals surface area contributed by atoms with Crippen molar-refractivity contribution in [3.63, 3.8) is 0 Å². The van der Waals surface area contributed by atoms with E-state index in [1.165, 1.54) is 4.90 Å². The molecule has 1 aliphatic carbocycles. The van der Waals surface area contributed by atoms with E-state index in [-0.39, 0.29) is 35.5 Å². The fourth-order valence-electron chi connectivity index (χ4n) is 5.48. The highest BCUT2D eigenvalue weighted by Gasteiger charge is 2.56. The number of fused-ring (bicyclic) bond motifs is 1. The average Bonchev–Trinajstić information content (AvgIpc) is 3.06. The first-order valence-corrected chi connectivity index (χ1v) is 10.7. The zero-order chi connectivity index (χ0) is 20.7. The van der Waals surface area contributed by atoms with Crippen LogP contribution in [0.25, 0.3) is 0 Å². The van der Waals surface area contributed by atoms with Gasteiger partial charge in [0.05, 0.1) is 17.5 Å². The first kappa shape index (κ1) is 18.8. The standard InChI is InChI=1S/C27H25NO2/c1-18-10-8-9-15-23(18)28-26(29)24-21(19-11-4-2-5-12-19)16-17-22(25(24)27(28)30)20-13-6-3-7-14-20/h2-15,21-22,24-25H,16-17H2,1H3/t21-,22-,24+,25+/m0/s1. The van der Waals surface area contributed by atoms with Crippen molar-refractivity contribution < 1.29 is 9.59 Å². The Morgan fingerprint density at radius 1 is 0.633 bits per heavy atom. The Morgan fingerprint density at radius 2 is 1.07 bits per heavy atom. The van der Waals surface area contributed by atoms with Crippen molar-refractivity contribution in [1.82, 2.24) is 0 Å². The quantitative estimate of drug-likeness (QED) is 0.552. The highest BCUT2D eigenvalue weighted by Crippen LogP contribution is 2.53. The second kappa shape index (κ2) is 7.56. The summed E-state index contributed by atoms with van der Waals surface area (Å²) in [5, 5.41) is 0. The summed E-state index contributed by atoms with van der Waals surface area (Å²) in [6.07, 6.45) is 1.82. The monoisotopic (exact) mass is 395 g/mol. The molecule has 1 saturated heterocycles. The number of para-hydroxylation sites is 1. The molecule has 0 radical (unpaired) electrons. The third-order valence-electron chi connectivity index (χ3n) is 6.87. The molecule has 2 aliphatic rings. The smallest absolute Gasteiger partial charge is 0.238 e.